The number of hydrogen-bond donors (Lipinski definition) is 0. The number of benzene rings is 2. The van der Waals surface area contributed by atoms with Crippen molar-refractivity contribution >= 4 is 23.1 Å². The Morgan fingerprint density at radius 3 is 1.20 bits per heavy atom. The van der Waals surface area contributed by atoms with E-state index in [1.807, 2.05) is 12.1 Å². The van der Waals surface area contributed by atoms with Crippen LogP contribution >= 0.6 is 0 Å². The minimum absolute atomic E-state index is 0. The quantitative estimate of drug-likeness (QED) is 0.0802. The molecule has 2 aromatic carbocycles. The molecule has 0 bridgehead atoms. The zero-order valence-electron chi connectivity index (χ0n) is 52.7. The smallest absolute Gasteiger partial charge is 0.152 e. The van der Waals surface area contributed by atoms with Gasteiger partial charge in [-0.2, -0.15) is 0 Å². The topological polar surface area (TPSA) is 126 Å². The fourth-order valence-corrected chi connectivity index (χ4v) is 19.0. The number of hydrogen-bond acceptors (Lipinski definition) is 6. The summed E-state index contributed by atoms with van der Waals surface area (Å²) in [4.78, 5) is 21.1. The van der Waals surface area contributed by atoms with Gasteiger partial charge in [0.05, 0.1) is 0 Å². The fourth-order valence-electron chi connectivity index (χ4n) is 19.0. The molecule has 0 radical (unpaired) electrons. The van der Waals surface area contributed by atoms with Crippen molar-refractivity contribution in [3.63, 3.8) is 0 Å². The average molecular weight is 1140 g/mol. The van der Waals surface area contributed by atoms with E-state index in [-0.39, 0.29) is 57.0 Å². The van der Waals surface area contributed by atoms with Crippen molar-refractivity contribution in [2.75, 3.05) is 0 Å². The Balaban J connectivity index is 0.000000186. The number of fused-ring (bicyclic) bond motifs is 10. The summed E-state index contributed by atoms with van der Waals surface area (Å²) in [6, 6.07) is 17.4. The van der Waals surface area contributed by atoms with Crippen LogP contribution in [0.3, 0.4) is 0 Å². The Morgan fingerprint density at radius 2 is 0.864 bits per heavy atom. The zero-order valence-corrected chi connectivity index (χ0v) is 54.2. The van der Waals surface area contributed by atoms with Gasteiger partial charge in [-0.15, -0.1) is 12.2 Å². The molecule has 0 spiro atoms. The van der Waals surface area contributed by atoms with E-state index in [2.05, 4.69) is 81.4 Å². The molecule has 0 aliphatic heterocycles. The molecule has 16 atom stereocenters. The number of rotatable bonds is 14. The Kier molecular flexibility index (Phi) is 24.3. The standard InChI is InChI=1S/2C27H45O.2C10H10O2.Ti/c2*1-18(2)7-6-8-19(3)23-11-12-24-22-10-9-20-17-21(28)13-15-26(20,4)25(22)14-16-27(23,24)5;2*1-8(11)7-10(12)9-5-3-2-4-6-9;/h2*9,18-19,21-25H,6-8,10-17H2,1-5H3;2*2-7,12H,1H3;/q2*-1;;;/p-2/b;;2*10-7-;/t2*19-,21-,22-,23?,24?,25?,26-,27+;;;/m00.../s1. The molecule has 0 saturated heterocycles. The van der Waals surface area contributed by atoms with Crippen LogP contribution in [0.15, 0.2) is 96.1 Å². The maximum atomic E-state index is 12.1. The van der Waals surface area contributed by atoms with Gasteiger partial charge in [0.1, 0.15) is 0 Å². The van der Waals surface area contributed by atoms with Crippen molar-refractivity contribution in [2.24, 2.45) is 92.7 Å². The molecule has 0 heterocycles. The molecule has 8 aliphatic rings. The van der Waals surface area contributed by atoms with E-state index in [1.54, 1.807) is 59.7 Å². The largest absolute Gasteiger partial charge is 0.872 e. The van der Waals surface area contributed by atoms with Crippen LogP contribution in [0.4, 0.5) is 0 Å². The predicted molar refractivity (Wildman–Crippen MR) is 324 cm³/mol. The van der Waals surface area contributed by atoms with Gasteiger partial charge in [-0.05, 0) is 220 Å². The molecule has 0 N–H and O–H groups in total. The summed E-state index contributed by atoms with van der Waals surface area (Å²) >= 11 is 0. The van der Waals surface area contributed by atoms with E-state index >= 15 is 0 Å². The van der Waals surface area contributed by atoms with Gasteiger partial charge in [-0.25, -0.2) is 0 Å². The van der Waals surface area contributed by atoms with Gasteiger partial charge < -0.3 is 20.4 Å². The van der Waals surface area contributed by atoms with Crippen LogP contribution in [0.25, 0.3) is 11.5 Å². The van der Waals surface area contributed by atoms with Crippen molar-refractivity contribution < 1.29 is 51.7 Å². The van der Waals surface area contributed by atoms with Crippen LogP contribution in [-0.2, 0) is 31.3 Å². The number of ketones is 2. The summed E-state index contributed by atoms with van der Waals surface area (Å²) in [5, 5.41) is 46.6. The van der Waals surface area contributed by atoms with Gasteiger partial charge in [0.2, 0.25) is 0 Å². The predicted octanol–water partition coefficient (Wildman–Crippen LogP) is 15.5. The third kappa shape index (κ3) is 15.9. The zero-order chi connectivity index (χ0) is 58.2. The molecule has 7 heteroatoms. The van der Waals surface area contributed by atoms with Crippen LogP contribution in [-0.4, -0.2) is 23.8 Å². The number of allylic oxidation sites excluding steroid dienone is 4. The van der Waals surface area contributed by atoms with E-state index < -0.39 is 0 Å². The summed E-state index contributed by atoms with van der Waals surface area (Å²) < 4.78 is 0. The average Bonchev–Trinajstić information content (AvgIpc) is 4.21. The molecule has 81 heavy (non-hydrogen) atoms. The Labute approximate surface area is 508 Å². The third-order valence-corrected chi connectivity index (χ3v) is 23.3. The van der Waals surface area contributed by atoms with E-state index in [1.165, 1.54) is 117 Å². The summed E-state index contributed by atoms with van der Waals surface area (Å²) in [6.45, 7) is 27.8. The number of carbonyl (C=O) groups is 2. The molecule has 6 saturated carbocycles. The molecule has 0 amide bonds. The van der Waals surface area contributed by atoms with Crippen LogP contribution < -0.4 is 20.4 Å². The van der Waals surface area contributed by atoms with Gasteiger partial charge in [-0.3, -0.25) is 9.59 Å². The molecule has 8 aliphatic carbocycles. The second kappa shape index (κ2) is 29.4. The number of carbonyl (C=O) groups excluding carboxylic acids is 2. The molecule has 6 fully saturated rings. The molecule has 6 nitrogen and oxygen atoms in total. The molecule has 10 rings (SSSR count). The first-order chi connectivity index (χ1) is 37.9. The van der Waals surface area contributed by atoms with Gasteiger partial charge in [0.25, 0.3) is 0 Å². The Hall–Kier alpha value is -3.03. The maximum Gasteiger partial charge on any atom is 0.152 e. The molecular weight excluding hydrogens is 1030 g/mol. The SMILES string of the molecule is CC(=O)/C=C(\[O-])c1ccccc1.CC(=O)/C=C(\[O-])c1ccccc1.CC(C)CCC[C@H](C)C1CCC2[C@@H]3CC=C4C[C@@H]([O-])CC[C@]4(C)C3CC[C@@]21C.CC(C)CCC[C@H](C)C1CCC2[C@@H]3CC=C4C[C@@H]([O-])CC[C@]4(C)C3CC[C@@]21C.[Ti]. The van der Waals surface area contributed by atoms with Crippen molar-refractivity contribution in [3.05, 3.63) is 107 Å². The van der Waals surface area contributed by atoms with E-state index in [9.17, 15) is 30.0 Å². The first kappa shape index (κ1) is 67.1. The van der Waals surface area contributed by atoms with Crippen LogP contribution in [0.5, 0.6) is 0 Å². The summed E-state index contributed by atoms with van der Waals surface area (Å²) in [7, 11) is 0. The summed E-state index contributed by atoms with van der Waals surface area (Å²) in [6.07, 6.45) is 35.2. The first-order valence-corrected chi connectivity index (χ1v) is 32.5. The van der Waals surface area contributed by atoms with Gasteiger partial charge in [0, 0.05) is 21.7 Å². The minimum atomic E-state index is -0.327. The summed E-state index contributed by atoms with van der Waals surface area (Å²) in [5.41, 5.74) is 6.07. The van der Waals surface area contributed by atoms with Crippen molar-refractivity contribution in [3.8, 4) is 0 Å². The summed E-state index contributed by atoms with van der Waals surface area (Å²) in [5.74, 6) is 9.84. The molecule has 6 unspecified atom stereocenters. The van der Waals surface area contributed by atoms with Crippen LogP contribution in [0.2, 0.25) is 0 Å². The maximum absolute atomic E-state index is 12.1. The van der Waals surface area contributed by atoms with Gasteiger partial charge >= 0.3 is 0 Å². The monoisotopic (exact) mass is 1140 g/mol. The van der Waals surface area contributed by atoms with E-state index in [4.69, 9.17) is 0 Å². The molecule has 2 aromatic rings. The van der Waals surface area contributed by atoms with Crippen LogP contribution in [0, 0.1) is 92.7 Å². The third-order valence-electron chi connectivity index (χ3n) is 23.3. The Morgan fingerprint density at radius 1 is 0.506 bits per heavy atom. The van der Waals surface area contributed by atoms with Gasteiger partial charge in [0.15, 0.2) is 11.6 Å². The van der Waals surface area contributed by atoms with E-state index in [0.717, 1.165) is 122 Å². The molecule has 448 valence electrons. The second-order valence-electron chi connectivity index (χ2n) is 29.3. The van der Waals surface area contributed by atoms with Crippen molar-refractivity contribution in [2.45, 2.75) is 237 Å². The normalized spacial score (nSPS) is 35.5. The molecule has 0 aromatic heterocycles. The minimum Gasteiger partial charge on any atom is -0.872 e. The fraction of sp³-hybridized carbons (Fsp3) is 0.703. The second-order valence-corrected chi connectivity index (χ2v) is 29.3. The van der Waals surface area contributed by atoms with Gasteiger partial charge in [-0.1, -0.05) is 216 Å². The van der Waals surface area contributed by atoms with E-state index in [0.29, 0.717) is 32.8 Å². The van der Waals surface area contributed by atoms with Crippen molar-refractivity contribution in [1.29, 1.82) is 0 Å². The Bertz CT molecular complexity index is 2290. The first-order valence-electron chi connectivity index (χ1n) is 32.5. The van der Waals surface area contributed by atoms with Crippen molar-refractivity contribution in [1.82, 2.24) is 0 Å². The van der Waals surface area contributed by atoms with Crippen LogP contribution in [0.1, 0.15) is 235 Å². The molecular formula is C74H108O6Ti-4.